The van der Waals surface area contributed by atoms with Crippen LogP contribution in [0.4, 0.5) is 16.2 Å². The Hall–Kier alpha value is -3.41. The van der Waals surface area contributed by atoms with E-state index in [1.807, 2.05) is 30.3 Å². The number of hydrogen-bond donors (Lipinski definition) is 3. The van der Waals surface area contributed by atoms with Crippen LogP contribution < -0.4 is 26.0 Å². The summed E-state index contributed by atoms with van der Waals surface area (Å²) in [5.74, 6) is 0.888. The Morgan fingerprint density at radius 2 is 2.20 bits per heavy atom. The van der Waals surface area contributed by atoms with Gasteiger partial charge in [-0.3, -0.25) is 14.7 Å². The van der Waals surface area contributed by atoms with Gasteiger partial charge >= 0.3 is 6.09 Å². The number of cyclic esters (lactones) is 1. The summed E-state index contributed by atoms with van der Waals surface area (Å²) >= 11 is 1.48. The molecule has 0 radical (unpaired) electrons. The minimum absolute atomic E-state index is 0.0447. The maximum Gasteiger partial charge on any atom is 0.414 e. The van der Waals surface area contributed by atoms with Crippen LogP contribution in [0.3, 0.4) is 0 Å². The van der Waals surface area contributed by atoms with E-state index in [1.165, 1.54) is 11.8 Å². The Morgan fingerprint density at radius 3 is 3.06 bits per heavy atom. The highest BCUT2D eigenvalue weighted by atomic mass is 32.2. The molecule has 0 spiro atoms. The number of amides is 2. The van der Waals surface area contributed by atoms with Gasteiger partial charge in [-0.15, -0.1) is 11.8 Å². The number of carbonyl (C=O) groups excluding carboxylic acids is 2. The molecule has 35 heavy (non-hydrogen) atoms. The fourth-order valence-electron chi connectivity index (χ4n) is 4.20. The number of methoxy groups -OCH3 is 1. The van der Waals surface area contributed by atoms with E-state index < -0.39 is 6.09 Å². The number of fused-ring (bicyclic) bond motifs is 2. The van der Waals surface area contributed by atoms with Crippen molar-refractivity contribution in [1.29, 1.82) is 0 Å². The fraction of sp³-hybridized carbons (Fsp3) is 0.333. The lowest BCUT2D eigenvalue weighted by Gasteiger charge is -2.20. The Bertz CT molecular complexity index is 1270. The smallest absolute Gasteiger partial charge is 0.414 e. The van der Waals surface area contributed by atoms with Crippen LogP contribution in [-0.2, 0) is 16.0 Å². The lowest BCUT2D eigenvalue weighted by atomic mass is 10.1. The lowest BCUT2D eigenvalue weighted by molar-refractivity contribution is -0.113. The molecule has 10 nitrogen and oxygen atoms in total. The molecule has 2 aliphatic rings. The maximum atomic E-state index is 12.5. The fourth-order valence-corrected chi connectivity index (χ4v) is 4.99. The van der Waals surface area contributed by atoms with Gasteiger partial charge in [-0.05, 0) is 42.3 Å². The monoisotopic (exact) mass is 494 g/mol. The van der Waals surface area contributed by atoms with Gasteiger partial charge < -0.3 is 25.8 Å². The highest BCUT2D eigenvalue weighted by molar-refractivity contribution is 8.00. The first kappa shape index (κ1) is 23.3. The number of thioether (sulfide) groups is 1. The molecule has 4 N–H and O–H groups in total. The first-order chi connectivity index (χ1) is 17.0. The van der Waals surface area contributed by atoms with Gasteiger partial charge in [0.1, 0.15) is 6.10 Å². The molecule has 2 aliphatic heterocycles. The minimum atomic E-state index is -0.404. The molecule has 2 amide bonds. The number of anilines is 2. The van der Waals surface area contributed by atoms with Crippen LogP contribution in [0.25, 0.3) is 11.0 Å². The zero-order chi connectivity index (χ0) is 24.4. The van der Waals surface area contributed by atoms with Gasteiger partial charge in [0.15, 0.2) is 0 Å². The zero-order valence-electron chi connectivity index (χ0n) is 19.2. The molecule has 11 heteroatoms. The van der Waals surface area contributed by atoms with Gasteiger partial charge in [-0.1, -0.05) is 0 Å². The molecule has 0 aliphatic carbocycles. The van der Waals surface area contributed by atoms with E-state index in [0.29, 0.717) is 43.4 Å². The topological polar surface area (TPSA) is 132 Å². The second-order valence-corrected chi connectivity index (χ2v) is 9.46. The van der Waals surface area contributed by atoms with Crippen LogP contribution in [0.15, 0.2) is 47.5 Å². The van der Waals surface area contributed by atoms with E-state index in [2.05, 4.69) is 20.6 Å². The van der Waals surface area contributed by atoms with Crippen LogP contribution >= 0.6 is 11.8 Å². The van der Waals surface area contributed by atoms with Crippen LogP contribution in [-0.4, -0.2) is 66.6 Å². The Labute approximate surface area is 206 Å². The van der Waals surface area contributed by atoms with Crippen molar-refractivity contribution in [2.45, 2.75) is 23.5 Å². The number of nitrogens with zero attached hydrogens (tertiary/aromatic N) is 3. The average Bonchev–Trinajstić information content (AvgIpc) is 3.23. The van der Waals surface area contributed by atoms with Gasteiger partial charge in [-0.2, -0.15) is 0 Å². The molecule has 1 aromatic carbocycles. The summed E-state index contributed by atoms with van der Waals surface area (Å²) in [4.78, 5) is 35.6. The highest BCUT2D eigenvalue weighted by Crippen LogP contribution is 2.35. The Balaban J connectivity index is 1.15. The van der Waals surface area contributed by atoms with E-state index in [-0.39, 0.29) is 18.1 Å². The van der Waals surface area contributed by atoms with Crippen molar-refractivity contribution in [2.75, 3.05) is 42.7 Å². The number of hydrogen-bond acceptors (Lipinski definition) is 9. The van der Waals surface area contributed by atoms with Crippen molar-refractivity contribution >= 4 is 46.2 Å². The first-order valence-electron chi connectivity index (χ1n) is 11.3. The summed E-state index contributed by atoms with van der Waals surface area (Å²) < 4.78 is 10.8. The standard InChI is InChI=1S/C24H26N6O4S/c1-33-22-5-3-18-23(29-22)14(6-7-27-18)8-15(25)10-26-11-17-12-30(24(32)34-17)16-2-4-20-19(9-16)28-21(31)13-35-20/h2-7,9,15,17,26H,8,10-13,25H2,1H3,(H,28,31)/t15-,17-/m1/s1. The normalized spacial score (nSPS) is 18.2. The van der Waals surface area contributed by atoms with Gasteiger partial charge in [-0.25, -0.2) is 9.78 Å². The van der Waals surface area contributed by atoms with Crippen LogP contribution in [0, 0.1) is 0 Å². The second kappa shape index (κ2) is 10.1. The summed E-state index contributed by atoms with van der Waals surface area (Å²) in [7, 11) is 1.58. The molecule has 0 bridgehead atoms. The number of rotatable bonds is 8. The third-order valence-electron chi connectivity index (χ3n) is 5.89. The summed E-state index contributed by atoms with van der Waals surface area (Å²) in [6, 6.07) is 11.0. The largest absolute Gasteiger partial charge is 0.481 e. The van der Waals surface area contributed by atoms with Crippen molar-refractivity contribution in [3.8, 4) is 5.88 Å². The summed E-state index contributed by atoms with van der Waals surface area (Å²) in [5.41, 5.74) is 10.4. The number of aromatic nitrogens is 2. The third kappa shape index (κ3) is 5.16. The number of ether oxygens (including phenoxy) is 2. The van der Waals surface area contributed by atoms with Gasteiger partial charge in [0.05, 0.1) is 36.1 Å². The molecular weight excluding hydrogens is 468 g/mol. The zero-order valence-corrected chi connectivity index (χ0v) is 20.0. The highest BCUT2D eigenvalue weighted by Gasteiger charge is 2.32. The van der Waals surface area contributed by atoms with Crippen molar-refractivity contribution in [3.63, 3.8) is 0 Å². The second-order valence-electron chi connectivity index (χ2n) is 8.45. The van der Waals surface area contributed by atoms with Crippen LogP contribution in [0.2, 0.25) is 0 Å². The van der Waals surface area contributed by atoms with Crippen molar-refractivity contribution in [2.24, 2.45) is 5.73 Å². The predicted octanol–water partition coefficient (Wildman–Crippen LogP) is 2.17. The van der Waals surface area contributed by atoms with E-state index in [9.17, 15) is 9.59 Å². The summed E-state index contributed by atoms with van der Waals surface area (Å²) in [5, 5.41) is 6.17. The molecule has 5 rings (SSSR count). The molecule has 0 unspecified atom stereocenters. The number of carbonyl (C=O) groups is 2. The molecule has 2 aromatic heterocycles. The molecule has 0 saturated carbocycles. The SMILES string of the molecule is COc1ccc2nccc(C[C@@H](N)CNC[C@@H]3CN(c4ccc5c(c4)NC(=O)CS5)C(=O)O3)c2n1. The van der Waals surface area contributed by atoms with Crippen molar-refractivity contribution < 1.29 is 19.1 Å². The van der Waals surface area contributed by atoms with E-state index >= 15 is 0 Å². The third-order valence-corrected chi connectivity index (χ3v) is 6.97. The van der Waals surface area contributed by atoms with Gasteiger partial charge in [0.25, 0.3) is 0 Å². The van der Waals surface area contributed by atoms with Crippen molar-refractivity contribution in [3.05, 3.63) is 48.2 Å². The molecule has 1 fully saturated rings. The maximum absolute atomic E-state index is 12.5. The molecule has 2 atom stereocenters. The van der Waals surface area contributed by atoms with Gasteiger partial charge in [0.2, 0.25) is 11.8 Å². The Kier molecular flexibility index (Phi) is 6.71. The van der Waals surface area contributed by atoms with Crippen LogP contribution in [0.5, 0.6) is 5.88 Å². The van der Waals surface area contributed by atoms with Crippen molar-refractivity contribution in [1.82, 2.24) is 15.3 Å². The van der Waals surface area contributed by atoms with Gasteiger partial charge in [0, 0.05) is 42.0 Å². The number of pyridine rings is 2. The number of nitrogens with one attached hydrogen (secondary N) is 2. The summed E-state index contributed by atoms with van der Waals surface area (Å²) in [6.07, 6.45) is 1.66. The minimum Gasteiger partial charge on any atom is -0.481 e. The van der Waals surface area contributed by atoms with E-state index in [1.54, 1.807) is 24.3 Å². The van der Waals surface area contributed by atoms with Crippen LogP contribution in [0.1, 0.15) is 5.56 Å². The number of nitrogens with two attached hydrogens (primary N) is 1. The molecule has 1 saturated heterocycles. The Morgan fingerprint density at radius 1 is 1.31 bits per heavy atom. The molecule has 3 aromatic rings. The molecular formula is C24H26N6O4S. The lowest BCUT2D eigenvalue weighted by Crippen LogP contribution is -2.40. The quantitative estimate of drug-likeness (QED) is 0.431. The molecule has 4 heterocycles. The van der Waals surface area contributed by atoms with E-state index in [0.717, 1.165) is 27.2 Å². The van der Waals surface area contributed by atoms with E-state index in [4.69, 9.17) is 15.2 Å². The predicted molar refractivity (Wildman–Crippen MR) is 134 cm³/mol. The first-order valence-corrected chi connectivity index (χ1v) is 12.3. The molecule has 182 valence electrons. The summed E-state index contributed by atoms with van der Waals surface area (Å²) in [6.45, 7) is 1.44. The average molecular weight is 495 g/mol. The number of benzene rings is 1.